The van der Waals surface area contributed by atoms with Gasteiger partial charge in [-0.25, -0.2) is 0 Å². The molecule has 2 heterocycles. The molecule has 2 rings (SSSR count). The van der Waals surface area contributed by atoms with Crippen molar-refractivity contribution in [2.75, 3.05) is 6.61 Å². The standard InChI is InChI=1S/C13H15F3N4O4S/c1-5-2-6(3-18-11(5)13(14,15)16)25-12-10(23)8(19-20-17)9(22)7(4-21)24-12/h2-3,7-10,12,21-23H,4H2,1H3/t7-,8+,9+,10-,12-/m1/s1. The predicted octanol–water partition coefficient (Wildman–Crippen LogP) is 1.62. The van der Waals surface area contributed by atoms with E-state index in [1.807, 2.05) is 0 Å². The van der Waals surface area contributed by atoms with Gasteiger partial charge in [0.25, 0.3) is 0 Å². The molecular weight excluding hydrogens is 365 g/mol. The molecule has 3 N–H and O–H groups in total. The number of thioether (sulfide) groups is 1. The van der Waals surface area contributed by atoms with Crippen LogP contribution in [0, 0.1) is 6.92 Å². The lowest BCUT2D eigenvalue weighted by Crippen LogP contribution is -2.56. The van der Waals surface area contributed by atoms with Crippen molar-refractivity contribution in [2.24, 2.45) is 5.11 Å². The predicted molar refractivity (Wildman–Crippen MR) is 80.5 cm³/mol. The Labute approximate surface area is 144 Å². The van der Waals surface area contributed by atoms with E-state index in [2.05, 4.69) is 15.0 Å². The van der Waals surface area contributed by atoms with E-state index in [0.29, 0.717) is 0 Å². The normalized spacial score (nSPS) is 30.0. The highest BCUT2D eigenvalue weighted by Gasteiger charge is 2.44. The number of hydrogen-bond acceptors (Lipinski definition) is 7. The van der Waals surface area contributed by atoms with Gasteiger partial charge in [-0.1, -0.05) is 16.9 Å². The number of nitrogens with zero attached hydrogens (tertiary/aromatic N) is 4. The first kappa shape index (κ1) is 19.8. The minimum Gasteiger partial charge on any atom is -0.394 e. The van der Waals surface area contributed by atoms with Gasteiger partial charge in [0, 0.05) is 16.0 Å². The number of aliphatic hydroxyl groups is 3. The van der Waals surface area contributed by atoms with Crippen molar-refractivity contribution in [1.29, 1.82) is 0 Å². The number of aromatic nitrogens is 1. The van der Waals surface area contributed by atoms with Gasteiger partial charge in [0.2, 0.25) is 0 Å². The molecule has 5 atom stereocenters. The number of aliphatic hydroxyl groups excluding tert-OH is 3. The lowest BCUT2D eigenvalue weighted by Gasteiger charge is -2.40. The van der Waals surface area contributed by atoms with Crippen LogP contribution in [-0.2, 0) is 10.9 Å². The Morgan fingerprint density at radius 2 is 2.08 bits per heavy atom. The largest absolute Gasteiger partial charge is 0.433 e. The number of azide groups is 1. The zero-order valence-electron chi connectivity index (χ0n) is 12.8. The van der Waals surface area contributed by atoms with Crippen molar-refractivity contribution < 1.29 is 33.2 Å². The number of halogens is 3. The van der Waals surface area contributed by atoms with Crippen LogP contribution in [0.15, 0.2) is 22.3 Å². The Kier molecular flexibility index (Phi) is 6.14. The van der Waals surface area contributed by atoms with E-state index in [-0.39, 0.29) is 10.5 Å². The number of hydrogen-bond donors (Lipinski definition) is 3. The molecule has 1 saturated heterocycles. The second-order valence-corrected chi connectivity index (χ2v) is 6.53. The Balaban J connectivity index is 2.23. The zero-order chi connectivity index (χ0) is 18.8. The van der Waals surface area contributed by atoms with Crippen LogP contribution in [0.4, 0.5) is 13.2 Å². The molecule has 0 saturated carbocycles. The molecule has 0 bridgehead atoms. The van der Waals surface area contributed by atoms with E-state index < -0.39 is 48.3 Å². The van der Waals surface area contributed by atoms with Crippen LogP contribution in [0.2, 0.25) is 0 Å². The first-order chi connectivity index (χ1) is 11.7. The van der Waals surface area contributed by atoms with Crippen LogP contribution < -0.4 is 0 Å². The molecule has 138 valence electrons. The van der Waals surface area contributed by atoms with Gasteiger partial charge in [-0.2, -0.15) is 13.2 Å². The minimum absolute atomic E-state index is 0.104. The van der Waals surface area contributed by atoms with Crippen molar-refractivity contribution in [1.82, 2.24) is 4.98 Å². The molecule has 0 spiro atoms. The number of pyridine rings is 1. The summed E-state index contributed by atoms with van der Waals surface area (Å²) in [6.45, 7) is 0.660. The highest BCUT2D eigenvalue weighted by molar-refractivity contribution is 7.99. The molecule has 1 aromatic heterocycles. The highest BCUT2D eigenvalue weighted by atomic mass is 32.2. The van der Waals surface area contributed by atoms with Gasteiger partial charge >= 0.3 is 6.18 Å². The lowest BCUT2D eigenvalue weighted by atomic mass is 9.98. The second kappa shape index (κ2) is 7.77. The average molecular weight is 380 g/mol. The van der Waals surface area contributed by atoms with Crippen LogP contribution in [0.25, 0.3) is 10.4 Å². The Morgan fingerprint density at radius 3 is 2.60 bits per heavy atom. The Hall–Kier alpha value is -1.56. The van der Waals surface area contributed by atoms with E-state index >= 15 is 0 Å². The SMILES string of the molecule is Cc1cc(S[C@H]2O[C@H](CO)[C@H](O)[C@H](N=[N+]=[N-])[C@H]2O)cnc1C(F)(F)F. The molecule has 25 heavy (non-hydrogen) atoms. The van der Waals surface area contributed by atoms with Crippen molar-refractivity contribution in [3.05, 3.63) is 34.0 Å². The van der Waals surface area contributed by atoms with Crippen LogP contribution in [0.3, 0.4) is 0 Å². The molecule has 1 aliphatic rings. The van der Waals surface area contributed by atoms with Gasteiger partial charge < -0.3 is 20.1 Å². The van der Waals surface area contributed by atoms with Crippen molar-refractivity contribution in [3.8, 4) is 0 Å². The van der Waals surface area contributed by atoms with Gasteiger partial charge in [-0.05, 0) is 24.1 Å². The van der Waals surface area contributed by atoms with E-state index in [4.69, 9.17) is 10.3 Å². The highest BCUT2D eigenvalue weighted by Crippen LogP contribution is 2.36. The van der Waals surface area contributed by atoms with Gasteiger partial charge in [0.15, 0.2) is 0 Å². The summed E-state index contributed by atoms with van der Waals surface area (Å²) in [6, 6.07) is -0.0325. The maximum atomic E-state index is 12.7. The first-order valence-electron chi connectivity index (χ1n) is 7.06. The quantitative estimate of drug-likeness (QED) is 0.413. The molecule has 0 amide bonds. The fourth-order valence-electron chi connectivity index (χ4n) is 2.41. The van der Waals surface area contributed by atoms with Crippen LogP contribution in [0.5, 0.6) is 0 Å². The molecule has 0 unspecified atom stereocenters. The molecule has 1 aromatic rings. The summed E-state index contributed by atoms with van der Waals surface area (Å²) >= 11 is 0.849. The fraction of sp³-hybridized carbons (Fsp3) is 0.615. The summed E-state index contributed by atoms with van der Waals surface area (Å²) in [4.78, 5) is 6.21. The summed E-state index contributed by atoms with van der Waals surface area (Å²) in [7, 11) is 0. The topological polar surface area (TPSA) is 132 Å². The third-order valence-corrected chi connectivity index (χ3v) is 4.73. The third kappa shape index (κ3) is 4.35. The summed E-state index contributed by atoms with van der Waals surface area (Å²) in [5, 5.41) is 32.7. The van der Waals surface area contributed by atoms with E-state index in [1.165, 1.54) is 13.0 Å². The lowest BCUT2D eigenvalue weighted by molar-refractivity contribution is -0.159. The maximum Gasteiger partial charge on any atom is 0.433 e. The van der Waals surface area contributed by atoms with E-state index in [1.54, 1.807) is 0 Å². The summed E-state index contributed by atoms with van der Waals surface area (Å²) in [6.07, 6.45) is -7.55. The van der Waals surface area contributed by atoms with Gasteiger partial charge in [0.1, 0.15) is 23.3 Å². The number of ether oxygens (including phenoxy) is 1. The van der Waals surface area contributed by atoms with Crippen molar-refractivity contribution in [2.45, 2.75) is 47.8 Å². The van der Waals surface area contributed by atoms with Crippen molar-refractivity contribution >= 4 is 11.8 Å². The Morgan fingerprint density at radius 1 is 1.40 bits per heavy atom. The van der Waals surface area contributed by atoms with Crippen LogP contribution in [-0.4, -0.2) is 56.7 Å². The molecule has 0 aromatic carbocycles. The van der Waals surface area contributed by atoms with E-state index in [0.717, 1.165) is 18.0 Å². The first-order valence-corrected chi connectivity index (χ1v) is 7.94. The van der Waals surface area contributed by atoms with Crippen LogP contribution >= 0.6 is 11.8 Å². The van der Waals surface area contributed by atoms with E-state index in [9.17, 15) is 28.5 Å². The fourth-order valence-corrected chi connectivity index (χ4v) is 3.53. The molecule has 0 aliphatic carbocycles. The van der Waals surface area contributed by atoms with Gasteiger partial charge in [-0.3, -0.25) is 4.98 Å². The summed E-state index contributed by atoms with van der Waals surface area (Å²) < 4.78 is 43.6. The molecule has 1 aliphatic heterocycles. The molecule has 1 fully saturated rings. The van der Waals surface area contributed by atoms with Crippen molar-refractivity contribution in [3.63, 3.8) is 0 Å². The number of rotatable bonds is 4. The molecule has 8 nitrogen and oxygen atoms in total. The molecule has 12 heteroatoms. The van der Waals surface area contributed by atoms with Crippen LogP contribution in [0.1, 0.15) is 11.3 Å². The Bertz CT molecular complexity index is 671. The summed E-state index contributed by atoms with van der Waals surface area (Å²) in [5.74, 6) is 0. The molecule has 0 radical (unpaired) electrons. The minimum atomic E-state index is -4.58. The second-order valence-electron chi connectivity index (χ2n) is 5.35. The summed E-state index contributed by atoms with van der Waals surface area (Å²) in [5.41, 5.74) is 6.35. The molecular formula is C13H15F3N4O4S. The number of aryl methyl sites for hydroxylation is 1. The van der Waals surface area contributed by atoms with Gasteiger partial charge in [0.05, 0.1) is 18.8 Å². The smallest absolute Gasteiger partial charge is 0.394 e. The maximum absolute atomic E-state index is 12.7. The van der Waals surface area contributed by atoms with Gasteiger partial charge in [-0.15, -0.1) is 0 Å². The monoisotopic (exact) mass is 380 g/mol. The average Bonchev–Trinajstić information content (AvgIpc) is 2.53. The number of alkyl halides is 3. The third-order valence-electron chi connectivity index (χ3n) is 3.61. The zero-order valence-corrected chi connectivity index (χ0v) is 13.6.